The van der Waals surface area contributed by atoms with E-state index in [9.17, 15) is 5.11 Å². The predicted octanol–water partition coefficient (Wildman–Crippen LogP) is 3.40. The van der Waals surface area contributed by atoms with E-state index in [-0.39, 0.29) is 0 Å². The maximum atomic E-state index is 10.2. The summed E-state index contributed by atoms with van der Waals surface area (Å²) in [6, 6.07) is 7.90. The molecule has 2 rings (SSSR count). The Morgan fingerprint density at radius 3 is 2.43 bits per heavy atom. The maximum absolute atomic E-state index is 10.2. The van der Waals surface area contributed by atoms with E-state index in [1.807, 2.05) is 31.2 Å². The van der Waals surface area contributed by atoms with Crippen LogP contribution in [0.3, 0.4) is 0 Å². The van der Waals surface area contributed by atoms with Crippen molar-refractivity contribution in [2.45, 2.75) is 39.6 Å². The van der Waals surface area contributed by atoms with Crippen LogP contribution in [0.4, 0.5) is 0 Å². The molecule has 0 bridgehead atoms. The number of nitrogens with zero attached hydrogens (tertiary/aromatic N) is 1. The molecule has 0 fully saturated rings. The second-order valence-electron chi connectivity index (χ2n) is 5.48. The largest absolute Gasteiger partial charge is 0.486 e. The Hall–Kier alpha value is -1.43. The highest BCUT2D eigenvalue weighted by Crippen LogP contribution is 2.31. The molecule has 0 radical (unpaired) electrons. The van der Waals surface area contributed by atoms with Crippen LogP contribution >= 0.6 is 11.3 Å². The van der Waals surface area contributed by atoms with Gasteiger partial charge in [0.05, 0.1) is 22.8 Å². The van der Waals surface area contributed by atoms with Gasteiger partial charge >= 0.3 is 0 Å². The van der Waals surface area contributed by atoms with E-state index < -0.39 is 5.60 Å². The molecule has 21 heavy (non-hydrogen) atoms. The van der Waals surface area contributed by atoms with Crippen LogP contribution in [0, 0.1) is 6.92 Å². The van der Waals surface area contributed by atoms with Gasteiger partial charge in [-0.2, -0.15) is 0 Å². The lowest BCUT2D eigenvalue weighted by molar-refractivity contribution is 0.0782. The topological polar surface area (TPSA) is 51.6 Å². The van der Waals surface area contributed by atoms with E-state index in [4.69, 9.17) is 9.47 Å². The van der Waals surface area contributed by atoms with Crippen molar-refractivity contribution in [1.82, 2.24) is 4.98 Å². The van der Waals surface area contributed by atoms with Crippen LogP contribution in [0.2, 0.25) is 0 Å². The van der Waals surface area contributed by atoms with Crippen molar-refractivity contribution in [2.75, 3.05) is 7.11 Å². The summed E-state index contributed by atoms with van der Waals surface area (Å²) in [4.78, 5) is 5.33. The van der Waals surface area contributed by atoms with E-state index in [1.54, 1.807) is 21.0 Å². The minimum absolute atomic E-state index is 0.389. The molecule has 0 atom stereocenters. The number of thiazole rings is 1. The van der Waals surface area contributed by atoms with Crippen LogP contribution in [0.1, 0.15) is 35.0 Å². The standard InChI is InChI=1S/C16H21NO3S/c1-11-5-7-12(8-6-11)20-10-14-17-13(9-19-4)15(21-14)16(2,3)18/h5-8,18H,9-10H2,1-4H3. The SMILES string of the molecule is COCc1nc(COc2ccc(C)cc2)sc1C(C)(C)O. The van der Waals surface area contributed by atoms with E-state index in [2.05, 4.69) is 4.98 Å². The molecule has 0 amide bonds. The normalized spacial score (nSPS) is 11.7. The maximum Gasteiger partial charge on any atom is 0.140 e. The van der Waals surface area contributed by atoms with Crippen LogP contribution in [0.15, 0.2) is 24.3 Å². The van der Waals surface area contributed by atoms with Crippen LogP contribution in [0.5, 0.6) is 5.75 Å². The lowest BCUT2D eigenvalue weighted by atomic mass is 10.1. The Balaban J connectivity index is 2.11. The number of benzene rings is 1. The Morgan fingerprint density at radius 2 is 1.86 bits per heavy atom. The minimum Gasteiger partial charge on any atom is -0.486 e. The molecule has 2 aromatic rings. The number of hydrogen-bond donors (Lipinski definition) is 1. The summed E-state index contributed by atoms with van der Waals surface area (Å²) in [5.41, 5.74) is 1.05. The van der Waals surface area contributed by atoms with Gasteiger partial charge in [0.2, 0.25) is 0 Å². The first kappa shape index (κ1) is 15.9. The predicted molar refractivity (Wildman–Crippen MR) is 83.6 cm³/mol. The molecule has 4 nitrogen and oxygen atoms in total. The number of ether oxygens (including phenoxy) is 2. The summed E-state index contributed by atoms with van der Waals surface area (Å²) >= 11 is 1.46. The van der Waals surface area contributed by atoms with Crippen LogP contribution in [0.25, 0.3) is 0 Å². The van der Waals surface area contributed by atoms with Crippen LogP contribution in [-0.2, 0) is 23.6 Å². The van der Waals surface area contributed by atoms with Crippen molar-refractivity contribution in [3.8, 4) is 5.75 Å². The molecule has 0 saturated carbocycles. The van der Waals surface area contributed by atoms with Gasteiger partial charge in [-0.15, -0.1) is 11.3 Å². The number of methoxy groups -OCH3 is 1. The fourth-order valence-corrected chi connectivity index (χ4v) is 2.94. The van der Waals surface area contributed by atoms with Crippen molar-refractivity contribution in [2.24, 2.45) is 0 Å². The molecule has 5 heteroatoms. The number of aromatic nitrogens is 1. The summed E-state index contributed by atoms with van der Waals surface area (Å²) in [7, 11) is 1.62. The molecule has 1 aromatic heterocycles. The van der Waals surface area contributed by atoms with Gasteiger partial charge in [0, 0.05) is 7.11 Å². The van der Waals surface area contributed by atoms with Gasteiger partial charge < -0.3 is 14.6 Å². The highest BCUT2D eigenvalue weighted by Gasteiger charge is 2.24. The number of rotatable bonds is 6. The molecule has 0 aliphatic heterocycles. The van der Waals surface area contributed by atoms with E-state index >= 15 is 0 Å². The third kappa shape index (κ3) is 4.27. The Bertz CT molecular complexity index is 585. The third-order valence-electron chi connectivity index (χ3n) is 2.96. The van der Waals surface area contributed by atoms with Gasteiger partial charge in [0.15, 0.2) is 0 Å². The molecule has 1 aromatic carbocycles. The molecular weight excluding hydrogens is 286 g/mol. The molecule has 114 valence electrons. The average Bonchev–Trinajstić information content (AvgIpc) is 2.82. The Labute approximate surface area is 129 Å². The second kappa shape index (κ2) is 6.56. The van der Waals surface area contributed by atoms with Gasteiger partial charge in [-0.3, -0.25) is 0 Å². The van der Waals surface area contributed by atoms with Gasteiger partial charge in [0.1, 0.15) is 17.4 Å². The Morgan fingerprint density at radius 1 is 1.19 bits per heavy atom. The van der Waals surface area contributed by atoms with Gasteiger partial charge in [-0.05, 0) is 32.9 Å². The summed E-state index contributed by atoms with van der Waals surface area (Å²) in [6.07, 6.45) is 0. The molecule has 1 heterocycles. The van der Waals surface area contributed by atoms with Crippen molar-refractivity contribution in [3.63, 3.8) is 0 Å². The smallest absolute Gasteiger partial charge is 0.140 e. The summed E-state index contributed by atoms with van der Waals surface area (Å²) in [5, 5.41) is 11.0. The highest BCUT2D eigenvalue weighted by molar-refractivity contribution is 7.11. The monoisotopic (exact) mass is 307 g/mol. The molecule has 0 aliphatic carbocycles. The number of aryl methyl sites for hydroxylation is 1. The minimum atomic E-state index is -0.923. The zero-order valence-corrected chi connectivity index (χ0v) is 13.7. The van der Waals surface area contributed by atoms with Crippen molar-refractivity contribution >= 4 is 11.3 Å². The van der Waals surface area contributed by atoms with Gasteiger partial charge in [-0.25, -0.2) is 4.98 Å². The molecular formula is C16H21NO3S. The third-order valence-corrected chi connectivity index (χ3v) is 4.35. The number of hydrogen-bond acceptors (Lipinski definition) is 5. The zero-order valence-electron chi connectivity index (χ0n) is 12.8. The van der Waals surface area contributed by atoms with Crippen molar-refractivity contribution in [1.29, 1.82) is 0 Å². The summed E-state index contributed by atoms with van der Waals surface area (Å²) < 4.78 is 10.9. The molecule has 0 spiro atoms. The molecule has 0 saturated heterocycles. The summed E-state index contributed by atoms with van der Waals surface area (Å²) in [5.74, 6) is 0.814. The van der Waals surface area contributed by atoms with Crippen molar-refractivity contribution < 1.29 is 14.6 Å². The first-order valence-corrected chi connectivity index (χ1v) is 7.61. The van der Waals surface area contributed by atoms with Gasteiger partial charge in [0.25, 0.3) is 0 Å². The van der Waals surface area contributed by atoms with Crippen LogP contribution < -0.4 is 4.74 Å². The molecule has 0 aliphatic rings. The first-order valence-electron chi connectivity index (χ1n) is 6.80. The van der Waals surface area contributed by atoms with E-state index in [0.717, 1.165) is 21.3 Å². The van der Waals surface area contributed by atoms with Crippen molar-refractivity contribution in [3.05, 3.63) is 45.4 Å². The summed E-state index contributed by atoms with van der Waals surface area (Å²) in [6.45, 7) is 6.33. The zero-order chi connectivity index (χ0) is 15.5. The second-order valence-corrected chi connectivity index (χ2v) is 6.56. The quantitative estimate of drug-likeness (QED) is 0.888. The molecule has 0 unspecified atom stereocenters. The highest BCUT2D eigenvalue weighted by atomic mass is 32.1. The lowest BCUT2D eigenvalue weighted by Gasteiger charge is -2.16. The average molecular weight is 307 g/mol. The van der Waals surface area contributed by atoms with E-state index in [0.29, 0.717) is 13.2 Å². The fourth-order valence-electron chi connectivity index (χ4n) is 1.95. The first-order chi connectivity index (χ1) is 9.90. The van der Waals surface area contributed by atoms with Gasteiger partial charge in [-0.1, -0.05) is 17.7 Å². The van der Waals surface area contributed by atoms with E-state index in [1.165, 1.54) is 16.9 Å². The fraction of sp³-hybridized carbons (Fsp3) is 0.438. The van der Waals surface area contributed by atoms with Crippen LogP contribution in [-0.4, -0.2) is 17.2 Å². The molecule has 1 N–H and O–H groups in total. The number of aliphatic hydroxyl groups is 1. The lowest BCUT2D eigenvalue weighted by Crippen LogP contribution is -2.16. The Kier molecular flexibility index (Phi) is 4.98.